The predicted molar refractivity (Wildman–Crippen MR) is 95.7 cm³/mol. The fraction of sp³-hybridized carbons (Fsp3) is 0.571. The van der Waals surface area contributed by atoms with Crippen molar-refractivity contribution in [1.82, 2.24) is 0 Å². The van der Waals surface area contributed by atoms with Crippen LogP contribution in [0.5, 0.6) is 0 Å². The van der Waals surface area contributed by atoms with E-state index < -0.39 is 6.10 Å². The molecule has 3 heteroatoms. The van der Waals surface area contributed by atoms with E-state index in [-0.39, 0.29) is 23.5 Å². The summed E-state index contributed by atoms with van der Waals surface area (Å²) in [6, 6.07) is 6.46. The van der Waals surface area contributed by atoms with Gasteiger partial charge in [-0.25, -0.2) is 0 Å². The predicted octanol–water partition coefficient (Wildman–Crippen LogP) is 3.09. The molecule has 1 aromatic carbocycles. The number of ketones is 1. The lowest BCUT2D eigenvalue weighted by molar-refractivity contribution is -0.124. The van der Waals surface area contributed by atoms with Crippen molar-refractivity contribution in [2.45, 2.75) is 46.1 Å². The van der Waals surface area contributed by atoms with E-state index in [0.717, 1.165) is 12.8 Å². The molecule has 1 aromatic rings. The number of carbonyl (C=O) groups is 1. The van der Waals surface area contributed by atoms with Crippen molar-refractivity contribution in [3.05, 3.63) is 34.9 Å². The van der Waals surface area contributed by atoms with E-state index in [1.807, 2.05) is 6.92 Å². The zero-order valence-corrected chi connectivity index (χ0v) is 15.1. The topological polar surface area (TPSA) is 46.5 Å². The van der Waals surface area contributed by atoms with E-state index in [9.17, 15) is 9.90 Å². The number of aryl methyl sites for hydroxylation is 3. The fourth-order valence-corrected chi connectivity index (χ4v) is 3.54. The molecule has 1 saturated carbocycles. The van der Waals surface area contributed by atoms with Gasteiger partial charge in [-0.3, -0.25) is 4.79 Å². The SMILES string of the molecule is COCC#CC[C@@H]1C(CCc2ccc(C)c(C)c2)C(=O)C(C)C1O. The van der Waals surface area contributed by atoms with Crippen LogP contribution < -0.4 is 0 Å². The number of rotatable bonds is 5. The second-order valence-corrected chi connectivity index (χ2v) is 6.90. The Hall–Kier alpha value is -1.63. The Morgan fingerprint density at radius 2 is 1.96 bits per heavy atom. The molecule has 3 unspecified atom stereocenters. The first-order valence-corrected chi connectivity index (χ1v) is 8.68. The van der Waals surface area contributed by atoms with Crippen molar-refractivity contribution < 1.29 is 14.6 Å². The van der Waals surface area contributed by atoms with Gasteiger partial charge in [-0.15, -0.1) is 5.92 Å². The monoisotopic (exact) mass is 328 g/mol. The third-order valence-corrected chi connectivity index (χ3v) is 5.28. The fourth-order valence-electron chi connectivity index (χ4n) is 3.54. The van der Waals surface area contributed by atoms with Crippen LogP contribution in [0.2, 0.25) is 0 Å². The van der Waals surface area contributed by atoms with Crippen molar-refractivity contribution in [2.24, 2.45) is 17.8 Å². The number of hydrogen-bond acceptors (Lipinski definition) is 3. The Morgan fingerprint density at radius 3 is 2.62 bits per heavy atom. The molecule has 0 saturated heterocycles. The van der Waals surface area contributed by atoms with Crippen molar-refractivity contribution in [2.75, 3.05) is 13.7 Å². The summed E-state index contributed by atoms with van der Waals surface area (Å²) in [7, 11) is 1.61. The zero-order valence-electron chi connectivity index (χ0n) is 15.1. The summed E-state index contributed by atoms with van der Waals surface area (Å²) in [5.41, 5.74) is 3.82. The quantitative estimate of drug-likeness (QED) is 0.845. The maximum absolute atomic E-state index is 12.5. The van der Waals surface area contributed by atoms with Crippen molar-refractivity contribution in [3.63, 3.8) is 0 Å². The normalized spacial score (nSPS) is 26.3. The average Bonchev–Trinajstić information content (AvgIpc) is 2.77. The highest BCUT2D eigenvalue weighted by atomic mass is 16.5. The zero-order chi connectivity index (χ0) is 17.7. The first-order chi connectivity index (χ1) is 11.5. The van der Waals surface area contributed by atoms with Gasteiger partial charge in [-0.05, 0) is 43.4 Å². The van der Waals surface area contributed by atoms with Crippen LogP contribution in [0.1, 0.15) is 36.5 Å². The van der Waals surface area contributed by atoms with Crippen molar-refractivity contribution in [1.29, 1.82) is 0 Å². The molecule has 1 fully saturated rings. The highest BCUT2D eigenvalue weighted by Gasteiger charge is 2.45. The second kappa shape index (κ2) is 8.46. The summed E-state index contributed by atoms with van der Waals surface area (Å²) >= 11 is 0. The highest BCUT2D eigenvalue weighted by molar-refractivity contribution is 5.86. The molecule has 130 valence electrons. The van der Waals surface area contributed by atoms with Crippen molar-refractivity contribution in [3.8, 4) is 11.8 Å². The van der Waals surface area contributed by atoms with E-state index in [0.29, 0.717) is 13.0 Å². The molecule has 1 aliphatic rings. The Balaban J connectivity index is 2.05. The highest BCUT2D eigenvalue weighted by Crippen LogP contribution is 2.38. The maximum Gasteiger partial charge on any atom is 0.141 e. The van der Waals surface area contributed by atoms with Crippen LogP contribution in [-0.2, 0) is 16.0 Å². The third-order valence-electron chi connectivity index (χ3n) is 5.28. The number of methoxy groups -OCH3 is 1. The number of ether oxygens (including phenoxy) is 1. The number of aliphatic hydroxyl groups excluding tert-OH is 1. The lowest BCUT2D eigenvalue weighted by Crippen LogP contribution is -2.22. The molecule has 1 aliphatic carbocycles. The standard InChI is InChI=1S/C21H28O3/c1-14-8-9-17(13-15(14)2)10-11-19-18(7-5-6-12-24-4)20(22)16(3)21(19)23/h8-9,13,16,18-20,22H,7,10-12H2,1-4H3/t16?,18-,19?,20?/m1/s1. The van der Waals surface area contributed by atoms with E-state index in [4.69, 9.17) is 4.74 Å². The van der Waals surface area contributed by atoms with E-state index in [1.165, 1.54) is 16.7 Å². The van der Waals surface area contributed by atoms with Gasteiger partial charge in [0.25, 0.3) is 0 Å². The molecular formula is C21H28O3. The molecule has 0 bridgehead atoms. The molecule has 0 amide bonds. The van der Waals surface area contributed by atoms with E-state index in [2.05, 4.69) is 43.9 Å². The Bertz CT molecular complexity index is 638. The van der Waals surface area contributed by atoms with Gasteiger partial charge in [-0.1, -0.05) is 31.0 Å². The largest absolute Gasteiger partial charge is 0.392 e. The van der Waals surface area contributed by atoms with Crippen LogP contribution in [0, 0.1) is 43.4 Å². The van der Waals surface area contributed by atoms with Gasteiger partial charge in [0.15, 0.2) is 0 Å². The molecule has 2 rings (SSSR count). The number of hydrogen-bond donors (Lipinski definition) is 1. The second-order valence-electron chi connectivity index (χ2n) is 6.90. The molecule has 0 aromatic heterocycles. The molecule has 0 heterocycles. The van der Waals surface area contributed by atoms with Gasteiger partial charge in [0, 0.05) is 31.3 Å². The number of aliphatic hydroxyl groups is 1. The number of Topliss-reactive ketones (excluding diaryl/α,β-unsaturated/α-hetero) is 1. The lowest BCUT2D eigenvalue weighted by Gasteiger charge is -2.19. The molecule has 3 nitrogen and oxygen atoms in total. The van der Waals surface area contributed by atoms with Crippen LogP contribution in [0.15, 0.2) is 18.2 Å². The summed E-state index contributed by atoms with van der Waals surface area (Å²) < 4.78 is 4.93. The summed E-state index contributed by atoms with van der Waals surface area (Å²) in [5.74, 6) is 5.71. The molecule has 0 radical (unpaired) electrons. The number of benzene rings is 1. The van der Waals surface area contributed by atoms with E-state index in [1.54, 1.807) is 7.11 Å². The van der Waals surface area contributed by atoms with Crippen LogP contribution >= 0.6 is 0 Å². The van der Waals surface area contributed by atoms with Gasteiger partial charge < -0.3 is 9.84 Å². The van der Waals surface area contributed by atoms with Gasteiger partial charge in [0.1, 0.15) is 12.4 Å². The minimum Gasteiger partial charge on any atom is -0.392 e. The summed E-state index contributed by atoms with van der Waals surface area (Å²) in [5, 5.41) is 10.4. The molecular weight excluding hydrogens is 300 g/mol. The molecule has 1 N–H and O–H groups in total. The minimum atomic E-state index is -0.584. The smallest absolute Gasteiger partial charge is 0.141 e. The third kappa shape index (κ3) is 4.26. The van der Waals surface area contributed by atoms with Gasteiger partial charge >= 0.3 is 0 Å². The first kappa shape index (κ1) is 18.7. The first-order valence-electron chi connectivity index (χ1n) is 8.68. The van der Waals surface area contributed by atoms with Crippen LogP contribution in [-0.4, -0.2) is 30.7 Å². The summed E-state index contributed by atoms with van der Waals surface area (Å²) in [6.07, 6.45) is 1.61. The van der Waals surface area contributed by atoms with Crippen LogP contribution in [0.3, 0.4) is 0 Å². The average molecular weight is 328 g/mol. The van der Waals surface area contributed by atoms with E-state index >= 15 is 0 Å². The summed E-state index contributed by atoms with van der Waals surface area (Å²) in [6.45, 7) is 6.43. The number of carbonyl (C=O) groups excluding carboxylic acids is 1. The molecule has 0 spiro atoms. The van der Waals surface area contributed by atoms with Crippen molar-refractivity contribution >= 4 is 5.78 Å². The Kier molecular flexibility index (Phi) is 6.60. The molecule has 4 atom stereocenters. The van der Waals surface area contributed by atoms with Crippen LogP contribution in [0.4, 0.5) is 0 Å². The lowest BCUT2D eigenvalue weighted by atomic mass is 9.86. The minimum absolute atomic E-state index is 0.0663. The molecule has 0 aliphatic heterocycles. The molecule has 24 heavy (non-hydrogen) atoms. The Labute approximate surface area is 145 Å². The van der Waals surface area contributed by atoms with Gasteiger partial charge in [0.2, 0.25) is 0 Å². The van der Waals surface area contributed by atoms with Gasteiger partial charge in [0.05, 0.1) is 6.10 Å². The summed E-state index contributed by atoms with van der Waals surface area (Å²) in [4.78, 5) is 12.5. The Morgan fingerprint density at radius 1 is 1.21 bits per heavy atom. The van der Waals surface area contributed by atoms with Gasteiger partial charge in [-0.2, -0.15) is 0 Å². The van der Waals surface area contributed by atoms with Crippen LogP contribution in [0.25, 0.3) is 0 Å². The maximum atomic E-state index is 12.5.